The molecule has 126 valence electrons. The highest BCUT2D eigenvalue weighted by molar-refractivity contribution is 8.00. The van der Waals surface area contributed by atoms with Crippen LogP contribution in [0.1, 0.15) is 5.56 Å². The molecule has 0 aliphatic carbocycles. The largest absolute Gasteiger partial charge is 0.325 e. The van der Waals surface area contributed by atoms with E-state index in [4.69, 9.17) is 23.2 Å². The van der Waals surface area contributed by atoms with Crippen molar-refractivity contribution in [2.45, 2.75) is 6.92 Å². The van der Waals surface area contributed by atoms with Crippen LogP contribution in [0.2, 0.25) is 10.0 Å². The van der Waals surface area contributed by atoms with E-state index in [2.05, 4.69) is 10.6 Å². The summed E-state index contributed by atoms with van der Waals surface area (Å²) >= 11 is 13.0. The minimum atomic E-state index is -0.221. The minimum absolute atomic E-state index is 0.151. The fourth-order valence-corrected chi connectivity index (χ4v) is 3.04. The smallest absolute Gasteiger partial charge is 0.234 e. The Balaban J connectivity index is 1.73. The average Bonchev–Trinajstić information content (AvgIpc) is 2.48. The van der Waals surface area contributed by atoms with Crippen LogP contribution in [0.25, 0.3) is 0 Å². The molecule has 2 aromatic rings. The Bertz CT molecular complexity index is 716. The van der Waals surface area contributed by atoms with Crippen molar-refractivity contribution in [1.29, 1.82) is 0 Å². The molecule has 0 aromatic heterocycles. The Hall–Kier alpha value is -1.69. The number of hydrogen-bond donors (Lipinski definition) is 2. The fraction of sp³-hybridized carbons (Fsp3) is 0.176. The van der Waals surface area contributed by atoms with Crippen molar-refractivity contribution >= 4 is 58.2 Å². The number of thioether (sulfide) groups is 1. The molecule has 0 saturated heterocycles. The van der Waals surface area contributed by atoms with Crippen LogP contribution in [0, 0.1) is 6.92 Å². The first-order chi connectivity index (χ1) is 11.4. The summed E-state index contributed by atoms with van der Waals surface area (Å²) in [6.07, 6.45) is 0. The normalized spacial score (nSPS) is 10.3. The summed E-state index contributed by atoms with van der Waals surface area (Å²) in [6, 6.07) is 12.3. The van der Waals surface area contributed by atoms with Gasteiger partial charge in [0.05, 0.1) is 11.5 Å². The molecule has 2 amide bonds. The number of carbonyl (C=O) groups is 2. The van der Waals surface area contributed by atoms with Gasteiger partial charge in [0.25, 0.3) is 0 Å². The minimum Gasteiger partial charge on any atom is -0.325 e. The molecule has 4 nitrogen and oxygen atoms in total. The Kier molecular flexibility index (Phi) is 6.97. The average molecular weight is 383 g/mol. The molecular formula is C17H16Cl2N2O2S. The van der Waals surface area contributed by atoms with Gasteiger partial charge in [-0.05, 0) is 37.3 Å². The van der Waals surface area contributed by atoms with Gasteiger partial charge in [-0.15, -0.1) is 11.8 Å². The number of aryl methyl sites for hydroxylation is 1. The van der Waals surface area contributed by atoms with Gasteiger partial charge in [-0.2, -0.15) is 0 Å². The summed E-state index contributed by atoms with van der Waals surface area (Å²) in [7, 11) is 0. The number of nitrogens with one attached hydrogen (secondary N) is 2. The van der Waals surface area contributed by atoms with Crippen molar-refractivity contribution in [3.63, 3.8) is 0 Å². The molecule has 7 heteroatoms. The predicted octanol–water partition coefficient (Wildman–Crippen LogP) is 4.61. The third kappa shape index (κ3) is 6.43. The summed E-state index contributed by atoms with van der Waals surface area (Å²) in [4.78, 5) is 23.7. The van der Waals surface area contributed by atoms with Crippen molar-refractivity contribution in [3.05, 3.63) is 58.1 Å². The molecule has 24 heavy (non-hydrogen) atoms. The second kappa shape index (κ2) is 8.97. The third-order valence-corrected chi connectivity index (χ3v) is 4.32. The van der Waals surface area contributed by atoms with Crippen LogP contribution in [-0.4, -0.2) is 23.3 Å². The van der Waals surface area contributed by atoms with E-state index in [9.17, 15) is 9.59 Å². The molecule has 0 bridgehead atoms. The van der Waals surface area contributed by atoms with E-state index in [0.717, 1.165) is 11.3 Å². The van der Waals surface area contributed by atoms with E-state index in [0.29, 0.717) is 15.7 Å². The standard InChI is InChI=1S/C17H16Cl2N2O2S/c1-11-2-4-14(5-3-11)20-16(22)9-24-10-17(23)21-15-7-12(18)6-13(19)8-15/h2-8H,9-10H2,1H3,(H,20,22)(H,21,23). The molecule has 0 heterocycles. The van der Waals surface area contributed by atoms with Gasteiger partial charge in [-0.1, -0.05) is 40.9 Å². The molecule has 0 radical (unpaired) electrons. The first-order valence-electron chi connectivity index (χ1n) is 7.12. The van der Waals surface area contributed by atoms with Gasteiger partial charge in [0, 0.05) is 21.4 Å². The topological polar surface area (TPSA) is 58.2 Å². The van der Waals surface area contributed by atoms with E-state index >= 15 is 0 Å². The van der Waals surface area contributed by atoms with E-state index in [1.54, 1.807) is 18.2 Å². The number of hydrogen-bond acceptors (Lipinski definition) is 3. The first kappa shape index (κ1) is 18.6. The van der Waals surface area contributed by atoms with Crippen LogP contribution in [0.5, 0.6) is 0 Å². The summed E-state index contributed by atoms with van der Waals surface area (Å²) in [5, 5.41) is 6.37. The van der Waals surface area contributed by atoms with Crippen LogP contribution < -0.4 is 10.6 Å². The van der Waals surface area contributed by atoms with E-state index in [1.807, 2.05) is 31.2 Å². The lowest BCUT2D eigenvalue weighted by atomic mass is 10.2. The van der Waals surface area contributed by atoms with Crippen LogP contribution >= 0.6 is 35.0 Å². The Labute approximate surface area is 154 Å². The van der Waals surface area contributed by atoms with Gasteiger partial charge in [0.1, 0.15) is 0 Å². The molecule has 2 aromatic carbocycles. The maximum absolute atomic E-state index is 11.9. The summed E-state index contributed by atoms with van der Waals surface area (Å²) < 4.78 is 0. The molecule has 0 spiro atoms. The van der Waals surface area contributed by atoms with Gasteiger partial charge in [0.2, 0.25) is 11.8 Å². The van der Waals surface area contributed by atoms with Crippen LogP contribution in [0.4, 0.5) is 11.4 Å². The lowest BCUT2D eigenvalue weighted by molar-refractivity contribution is -0.114. The Morgan fingerprint density at radius 3 is 1.92 bits per heavy atom. The van der Waals surface area contributed by atoms with Crippen LogP contribution in [0.15, 0.2) is 42.5 Å². The molecule has 0 atom stereocenters. The molecule has 2 rings (SSSR count). The summed E-state index contributed by atoms with van der Waals surface area (Å²) in [5.41, 5.74) is 2.39. The lowest BCUT2D eigenvalue weighted by Gasteiger charge is -2.07. The molecule has 2 N–H and O–H groups in total. The van der Waals surface area contributed by atoms with Gasteiger partial charge in [-0.25, -0.2) is 0 Å². The highest BCUT2D eigenvalue weighted by atomic mass is 35.5. The summed E-state index contributed by atoms with van der Waals surface area (Å²) in [6.45, 7) is 1.98. The zero-order valence-electron chi connectivity index (χ0n) is 12.9. The van der Waals surface area contributed by atoms with Crippen LogP contribution in [-0.2, 0) is 9.59 Å². The molecule has 0 aliphatic heterocycles. The molecule has 0 aliphatic rings. The number of carbonyl (C=O) groups excluding carboxylic acids is 2. The third-order valence-electron chi connectivity index (χ3n) is 2.95. The van der Waals surface area contributed by atoms with E-state index < -0.39 is 0 Å². The van der Waals surface area contributed by atoms with E-state index in [-0.39, 0.29) is 23.3 Å². The SMILES string of the molecule is Cc1ccc(NC(=O)CSCC(=O)Nc2cc(Cl)cc(Cl)c2)cc1. The van der Waals surface area contributed by atoms with Gasteiger partial charge in [-0.3, -0.25) is 9.59 Å². The zero-order chi connectivity index (χ0) is 17.5. The molecule has 0 fully saturated rings. The lowest BCUT2D eigenvalue weighted by Crippen LogP contribution is -2.18. The molecule has 0 saturated carbocycles. The zero-order valence-corrected chi connectivity index (χ0v) is 15.3. The van der Waals surface area contributed by atoms with Crippen molar-refractivity contribution in [1.82, 2.24) is 0 Å². The van der Waals surface area contributed by atoms with Crippen LogP contribution in [0.3, 0.4) is 0 Å². The quantitative estimate of drug-likeness (QED) is 0.766. The van der Waals surface area contributed by atoms with Gasteiger partial charge < -0.3 is 10.6 Å². The number of amides is 2. The molecular weight excluding hydrogens is 367 g/mol. The fourth-order valence-electron chi connectivity index (χ4n) is 1.89. The Morgan fingerprint density at radius 1 is 0.875 bits per heavy atom. The van der Waals surface area contributed by atoms with Crippen molar-refractivity contribution in [2.75, 3.05) is 22.1 Å². The predicted molar refractivity (Wildman–Crippen MR) is 102 cm³/mol. The first-order valence-corrected chi connectivity index (χ1v) is 9.03. The second-order valence-electron chi connectivity index (χ2n) is 5.11. The van der Waals surface area contributed by atoms with Crippen molar-refractivity contribution < 1.29 is 9.59 Å². The highest BCUT2D eigenvalue weighted by Crippen LogP contribution is 2.22. The maximum atomic E-state index is 11.9. The number of halogens is 2. The van der Waals surface area contributed by atoms with Crippen molar-refractivity contribution in [2.24, 2.45) is 0 Å². The van der Waals surface area contributed by atoms with Crippen molar-refractivity contribution in [3.8, 4) is 0 Å². The Morgan fingerprint density at radius 2 is 1.38 bits per heavy atom. The number of benzene rings is 2. The summed E-state index contributed by atoms with van der Waals surface area (Å²) in [5.74, 6) is -0.0211. The second-order valence-corrected chi connectivity index (χ2v) is 6.97. The number of rotatable bonds is 6. The van der Waals surface area contributed by atoms with Gasteiger partial charge >= 0.3 is 0 Å². The maximum Gasteiger partial charge on any atom is 0.234 e. The van der Waals surface area contributed by atoms with Gasteiger partial charge in [0.15, 0.2) is 0 Å². The number of anilines is 2. The highest BCUT2D eigenvalue weighted by Gasteiger charge is 2.07. The van der Waals surface area contributed by atoms with E-state index in [1.165, 1.54) is 11.8 Å². The molecule has 0 unspecified atom stereocenters. The monoisotopic (exact) mass is 382 g/mol.